The van der Waals surface area contributed by atoms with Crippen LogP contribution in [-0.4, -0.2) is 12.3 Å². The smallest absolute Gasteiger partial charge is 0.0462 e. The monoisotopic (exact) mass is 283 g/mol. The summed E-state index contributed by atoms with van der Waals surface area (Å²) in [5.74, 6) is 0.878. The summed E-state index contributed by atoms with van der Waals surface area (Å²) in [6.07, 6.45) is 5.47. The number of benzene rings is 1. The van der Waals surface area contributed by atoms with Gasteiger partial charge >= 0.3 is 0 Å². The van der Waals surface area contributed by atoms with Gasteiger partial charge in [0.1, 0.15) is 0 Å². The first kappa shape index (κ1) is 14.2. The van der Waals surface area contributed by atoms with E-state index in [1.807, 2.05) is 24.9 Å². The SMILES string of the molecule is CNCc1c(Cl)cccc1SC1CCCC(C)C1. The predicted molar refractivity (Wildman–Crippen MR) is 81.5 cm³/mol. The van der Waals surface area contributed by atoms with Crippen LogP contribution in [-0.2, 0) is 6.54 Å². The summed E-state index contributed by atoms with van der Waals surface area (Å²) in [7, 11) is 1.97. The molecular formula is C15H22ClNS. The van der Waals surface area contributed by atoms with Crippen molar-refractivity contribution in [2.24, 2.45) is 5.92 Å². The van der Waals surface area contributed by atoms with Gasteiger partial charge in [0.15, 0.2) is 0 Å². The molecule has 1 N–H and O–H groups in total. The zero-order valence-corrected chi connectivity index (χ0v) is 12.8. The van der Waals surface area contributed by atoms with Crippen LogP contribution >= 0.6 is 23.4 Å². The van der Waals surface area contributed by atoms with E-state index in [0.717, 1.165) is 22.7 Å². The zero-order chi connectivity index (χ0) is 13.0. The number of hydrogen-bond donors (Lipinski definition) is 1. The van der Waals surface area contributed by atoms with Crippen molar-refractivity contribution in [2.45, 2.75) is 49.3 Å². The number of rotatable bonds is 4. The maximum atomic E-state index is 6.30. The second-order valence-corrected chi connectivity index (χ2v) is 7.01. The molecule has 3 heteroatoms. The third kappa shape index (κ3) is 3.66. The number of nitrogens with one attached hydrogen (secondary N) is 1. The van der Waals surface area contributed by atoms with Gasteiger partial charge in [0.25, 0.3) is 0 Å². The van der Waals surface area contributed by atoms with Crippen LogP contribution in [0.2, 0.25) is 5.02 Å². The highest BCUT2D eigenvalue weighted by molar-refractivity contribution is 8.00. The number of thioether (sulfide) groups is 1. The summed E-state index contributed by atoms with van der Waals surface area (Å²) < 4.78 is 0. The largest absolute Gasteiger partial charge is 0.316 e. The molecule has 2 atom stereocenters. The Kier molecular flexibility index (Phi) is 5.40. The van der Waals surface area contributed by atoms with Crippen molar-refractivity contribution in [3.05, 3.63) is 28.8 Å². The Balaban J connectivity index is 2.10. The van der Waals surface area contributed by atoms with Crippen molar-refractivity contribution in [3.8, 4) is 0 Å². The molecule has 18 heavy (non-hydrogen) atoms. The summed E-state index contributed by atoms with van der Waals surface area (Å²) >= 11 is 8.33. The van der Waals surface area contributed by atoms with E-state index in [0.29, 0.717) is 0 Å². The minimum Gasteiger partial charge on any atom is -0.316 e. The molecule has 0 aliphatic heterocycles. The van der Waals surface area contributed by atoms with Gasteiger partial charge in [0, 0.05) is 21.7 Å². The topological polar surface area (TPSA) is 12.0 Å². The normalized spacial score (nSPS) is 24.2. The maximum absolute atomic E-state index is 6.30. The van der Waals surface area contributed by atoms with Crippen molar-refractivity contribution in [1.82, 2.24) is 5.32 Å². The van der Waals surface area contributed by atoms with Crippen molar-refractivity contribution >= 4 is 23.4 Å². The van der Waals surface area contributed by atoms with Crippen molar-refractivity contribution < 1.29 is 0 Å². The quantitative estimate of drug-likeness (QED) is 0.857. The van der Waals surface area contributed by atoms with E-state index < -0.39 is 0 Å². The van der Waals surface area contributed by atoms with E-state index in [1.165, 1.54) is 36.1 Å². The molecule has 1 fully saturated rings. The Morgan fingerprint density at radius 2 is 2.22 bits per heavy atom. The van der Waals surface area contributed by atoms with Crippen LogP contribution in [0.5, 0.6) is 0 Å². The average molecular weight is 284 g/mol. The molecule has 1 aromatic carbocycles. The molecule has 0 saturated heterocycles. The van der Waals surface area contributed by atoms with Gasteiger partial charge in [0.05, 0.1) is 0 Å². The summed E-state index contributed by atoms with van der Waals surface area (Å²) in [5, 5.41) is 4.87. The van der Waals surface area contributed by atoms with E-state index in [1.54, 1.807) is 0 Å². The van der Waals surface area contributed by atoms with Gasteiger partial charge in [-0.2, -0.15) is 0 Å². The van der Waals surface area contributed by atoms with Gasteiger partial charge in [0.2, 0.25) is 0 Å². The lowest BCUT2D eigenvalue weighted by Gasteiger charge is -2.27. The van der Waals surface area contributed by atoms with E-state index in [-0.39, 0.29) is 0 Å². The highest BCUT2D eigenvalue weighted by Gasteiger charge is 2.21. The minimum atomic E-state index is 0.767. The highest BCUT2D eigenvalue weighted by atomic mass is 35.5. The molecule has 1 aromatic rings. The molecule has 1 aliphatic rings. The molecular weight excluding hydrogens is 262 g/mol. The number of halogens is 1. The Bertz CT molecular complexity index is 394. The summed E-state index contributed by atoms with van der Waals surface area (Å²) in [5.41, 5.74) is 1.25. The lowest BCUT2D eigenvalue weighted by atomic mass is 9.91. The Hall–Kier alpha value is -0.180. The maximum Gasteiger partial charge on any atom is 0.0462 e. The molecule has 2 rings (SSSR count). The molecule has 100 valence electrons. The van der Waals surface area contributed by atoms with Crippen LogP contribution in [0.3, 0.4) is 0 Å². The molecule has 0 amide bonds. The first-order chi connectivity index (χ1) is 8.70. The first-order valence-corrected chi connectivity index (χ1v) is 8.05. The fourth-order valence-electron chi connectivity index (χ4n) is 2.66. The van der Waals surface area contributed by atoms with Gasteiger partial charge in [-0.1, -0.05) is 37.4 Å². The fourth-order valence-corrected chi connectivity index (χ4v) is 4.51. The first-order valence-electron chi connectivity index (χ1n) is 6.79. The molecule has 1 saturated carbocycles. The second kappa shape index (κ2) is 6.83. The fraction of sp³-hybridized carbons (Fsp3) is 0.600. The van der Waals surface area contributed by atoms with Gasteiger partial charge in [-0.05, 0) is 43.5 Å². The Morgan fingerprint density at radius 3 is 2.94 bits per heavy atom. The molecule has 0 bridgehead atoms. The molecule has 0 radical (unpaired) electrons. The summed E-state index contributed by atoms with van der Waals surface area (Å²) in [6, 6.07) is 6.26. The van der Waals surface area contributed by atoms with Gasteiger partial charge < -0.3 is 5.32 Å². The lowest BCUT2D eigenvalue weighted by molar-refractivity contribution is 0.394. The van der Waals surface area contributed by atoms with Crippen LogP contribution in [0.1, 0.15) is 38.2 Å². The van der Waals surface area contributed by atoms with Crippen molar-refractivity contribution in [3.63, 3.8) is 0 Å². The predicted octanol–water partition coefficient (Wildman–Crippen LogP) is 4.73. The zero-order valence-electron chi connectivity index (χ0n) is 11.2. The van der Waals surface area contributed by atoms with Crippen LogP contribution in [0.4, 0.5) is 0 Å². The lowest BCUT2D eigenvalue weighted by Crippen LogP contribution is -2.15. The molecule has 0 heterocycles. The van der Waals surface area contributed by atoms with Gasteiger partial charge in [-0.25, -0.2) is 0 Å². The van der Waals surface area contributed by atoms with Crippen LogP contribution < -0.4 is 5.32 Å². The van der Waals surface area contributed by atoms with Gasteiger partial charge in [-0.15, -0.1) is 11.8 Å². The third-order valence-corrected chi connectivity index (χ3v) is 5.36. The average Bonchev–Trinajstić information content (AvgIpc) is 2.34. The van der Waals surface area contributed by atoms with Crippen LogP contribution in [0.25, 0.3) is 0 Å². The highest BCUT2D eigenvalue weighted by Crippen LogP contribution is 2.38. The minimum absolute atomic E-state index is 0.767. The van der Waals surface area contributed by atoms with Gasteiger partial charge in [-0.3, -0.25) is 0 Å². The molecule has 1 nitrogen and oxygen atoms in total. The Labute approximate surface area is 120 Å². The molecule has 0 aromatic heterocycles. The van der Waals surface area contributed by atoms with E-state index >= 15 is 0 Å². The molecule has 2 unspecified atom stereocenters. The van der Waals surface area contributed by atoms with E-state index in [2.05, 4.69) is 24.4 Å². The summed E-state index contributed by atoms with van der Waals surface area (Å²) in [4.78, 5) is 1.36. The Morgan fingerprint density at radius 1 is 1.39 bits per heavy atom. The summed E-state index contributed by atoms with van der Waals surface area (Å²) in [6.45, 7) is 3.23. The van der Waals surface area contributed by atoms with E-state index in [9.17, 15) is 0 Å². The number of hydrogen-bond acceptors (Lipinski definition) is 2. The molecule has 1 aliphatic carbocycles. The van der Waals surface area contributed by atoms with Crippen molar-refractivity contribution in [1.29, 1.82) is 0 Å². The third-order valence-electron chi connectivity index (χ3n) is 3.61. The van der Waals surface area contributed by atoms with Crippen LogP contribution in [0.15, 0.2) is 23.1 Å². The molecule has 0 spiro atoms. The second-order valence-electron chi connectivity index (χ2n) is 5.26. The van der Waals surface area contributed by atoms with Crippen molar-refractivity contribution in [2.75, 3.05) is 7.05 Å². The standard InChI is InChI=1S/C15H22ClNS/c1-11-5-3-6-12(9-11)18-15-8-4-7-14(16)13(15)10-17-2/h4,7-8,11-12,17H,3,5-6,9-10H2,1-2H3. The van der Waals surface area contributed by atoms with E-state index in [4.69, 9.17) is 11.6 Å². The van der Waals surface area contributed by atoms with Crippen LogP contribution in [0, 0.1) is 5.92 Å².